The highest BCUT2D eigenvalue weighted by molar-refractivity contribution is 5.73. The Morgan fingerprint density at radius 2 is 1.60 bits per heavy atom. The summed E-state index contributed by atoms with van der Waals surface area (Å²) in [5.41, 5.74) is 2.28. The minimum Gasteiger partial charge on any atom is -0.497 e. The molecule has 1 aliphatic heterocycles. The Kier molecular flexibility index (Phi) is 12.1. The van der Waals surface area contributed by atoms with Gasteiger partial charge < -0.3 is 24.4 Å². The van der Waals surface area contributed by atoms with Crippen molar-refractivity contribution in [3.63, 3.8) is 0 Å². The van der Waals surface area contributed by atoms with Crippen molar-refractivity contribution >= 4 is 11.9 Å². The average Bonchev–Trinajstić information content (AvgIpc) is 3.32. The number of aromatic nitrogens is 1. The van der Waals surface area contributed by atoms with Crippen LogP contribution in [0.1, 0.15) is 24.1 Å². The van der Waals surface area contributed by atoms with Crippen molar-refractivity contribution in [1.82, 2.24) is 9.88 Å². The van der Waals surface area contributed by atoms with Gasteiger partial charge in [-0.2, -0.15) is 26.3 Å². The number of carboxylic acid groups (broad SMARTS) is 2. The van der Waals surface area contributed by atoms with Crippen LogP contribution < -0.4 is 4.74 Å². The van der Waals surface area contributed by atoms with Crippen molar-refractivity contribution in [3.05, 3.63) is 59.9 Å². The number of alkyl halides is 6. The predicted octanol–water partition coefficient (Wildman–Crippen LogP) is 4.31. The number of rotatable bonds is 6. The van der Waals surface area contributed by atoms with Crippen molar-refractivity contribution < 1.29 is 60.4 Å². The molecule has 4 rings (SSSR count). The normalized spacial score (nSPS) is 20.7. The first-order valence-corrected chi connectivity index (χ1v) is 11.8. The summed E-state index contributed by atoms with van der Waals surface area (Å²) in [6, 6.07) is 14.7. The van der Waals surface area contributed by atoms with Gasteiger partial charge in [-0.1, -0.05) is 18.2 Å². The minimum atomic E-state index is -5.08. The fraction of sp³-hybridized carbons (Fsp3) is 0.480. The summed E-state index contributed by atoms with van der Waals surface area (Å²) in [6.45, 7) is 3.24. The van der Waals surface area contributed by atoms with Gasteiger partial charge >= 0.3 is 24.3 Å². The third-order valence-corrected chi connectivity index (χ3v) is 5.85. The molecule has 2 heterocycles. The molecule has 0 unspecified atom stereocenters. The van der Waals surface area contributed by atoms with Gasteiger partial charge in [0.2, 0.25) is 0 Å². The number of nitrogens with zero attached hydrogens (tertiary/aromatic N) is 2. The average molecular weight is 582 g/mol. The second-order valence-electron chi connectivity index (χ2n) is 8.58. The van der Waals surface area contributed by atoms with Gasteiger partial charge in [0.1, 0.15) is 5.75 Å². The lowest BCUT2D eigenvalue weighted by atomic mass is 10.1. The molecular formula is C25H28F6N2O7. The van der Waals surface area contributed by atoms with Gasteiger partial charge in [-0.25, -0.2) is 9.59 Å². The first-order chi connectivity index (χ1) is 18.7. The van der Waals surface area contributed by atoms with Crippen LogP contribution in [0.4, 0.5) is 26.3 Å². The number of fused-ring (bicyclic) bond motifs is 1. The Balaban J connectivity index is 0.000000333. The first kappa shape index (κ1) is 32.8. The van der Waals surface area contributed by atoms with Gasteiger partial charge in [0.15, 0.2) is 0 Å². The molecule has 1 saturated heterocycles. The summed E-state index contributed by atoms with van der Waals surface area (Å²) in [5.74, 6) is -4.61. The maximum absolute atomic E-state index is 10.6. The highest BCUT2D eigenvalue weighted by Crippen LogP contribution is 2.33. The number of carboxylic acids is 2. The Labute approximate surface area is 225 Å². The molecule has 0 radical (unpaired) electrons. The van der Waals surface area contributed by atoms with Gasteiger partial charge in [-0.15, -0.1) is 0 Å². The predicted molar refractivity (Wildman–Crippen MR) is 126 cm³/mol. The summed E-state index contributed by atoms with van der Waals surface area (Å²) in [5, 5.41) is 14.2. The van der Waals surface area contributed by atoms with Crippen molar-refractivity contribution in [1.29, 1.82) is 0 Å². The van der Waals surface area contributed by atoms with Gasteiger partial charge in [0.25, 0.3) is 0 Å². The lowest BCUT2D eigenvalue weighted by Gasteiger charge is -2.39. The van der Waals surface area contributed by atoms with Crippen LogP contribution in [0.15, 0.2) is 48.7 Å². The summed E-state index contributed by atoms with van der Waals surface area (Å²) in [4.78, 5) is 24.7. The lowest BCUT2D eigenvalue weighted by Crippen LogP contribution is -2.51. The van der Waals surface area contributed by atoms with Gasteiger partial charge in [0.05, 0.1) is 38.2 Å². The van der Waals surface area contributed by atoms with E-state index in [1.165, 1.54) is 5.56 Å². The van der Waals surface area contributed by atoms with Crippen LogP contribution in [-0.4, -0.2) is 82.9 Å². The summed E-state index contributed by atoms with van der Waals surface area (Å²) in [6.07, 6.45) is -5.88. The molecule has 1 aliphatic carbocycles. The zero-order valence-electron chi connectivity index (χ0n) is 21.2. The van der Waals surface area contributed by atoms with Crippen molar-refractivity contribution in [3.8, 4) is 5.75 Å². The number of ether oxygens (including phenoxy) is 3. The molecule has 2 aromatic rings. The molecule has 0 amide bonds. The first-order valence-electron chi connectivity index (χ1n) is 11.8. The lowest BCUT2D eigenvalue weighted by molar-refractivity contribution is -0.193. The van der Waals surface area contributed by atoms with Crippen LogP contribution in [0.25, 0.3) is 0 Å². The quantitative estimate of drug-likeness (QED) is 0.481. The number of carbonyl (C=O) groups is 2. The summed E-state index contributed by atoms with van der Waals surface area (Å²) < 4.78 is 81.0. The number of morpholine rings is 1. The van der Waals surface area contributed by atoms with Gasteiger partial charge in [-0.3, -0.25) is 9.88 Å². The van der Waals surface area contributed by atoms with E-state index in [2.05, 4.69) is 22.0 Å². The fourth-order valence-corrected chi connectivity index (χ4v) is 4.01. The molecule has 2 fully saturated rings. The monoisotopic (exact) mass is 582 g/mol. The second-order valence-corrected chi connectivity index (χ2v) is 8.58. The van der Waals surface area contributed by atoms with E-state index in [9.17, 15) is 26.3 Å². The van der Waals surface area contributed by atoms with Crippen LogP contribution in [0.5, 0.6) is 5.75 Å². The number of methoxy groups -OCH3 is 1. The molecule has 222 valence electrons. The van der Waals surface area contributed by atoms with Crippen LogP contribution in [0, 0.1) is 0 Å². The SMILES string of the molecule is COc1ccc(CN2CCO[C@H]3[C@H](OCc4ccccn4)CC[C@@H]32)cc1.O=C(O)C(F)(F)F.O=C(O)C(F)(F)F. The summed E-state index contributed by atoms with van der Waals surface area (Å²) >= 11 is 0. The third-order valence-electron chi connectivity index (χ3n) is 5.85. The molecule has 40 heavy (non-hydrogen) atoms. The van der Waals surface area contributed by atoms with E-state index in [-0.39, 0.29) is 12.2 Å². The van der Waals surface area contributed by atoms with Gasteiger partial charge in [0, 0.05) is 25.3 Å². The minimum absolute atomic E-state index is 0.153. The smallest absolute Gasteiger partial charge is 0.490 e. The maximum Gasteiger partial charge on any atom is 0.490 e. The zero-order valence-corrected chi connectivity index (χ0v) is 21.2. The molecule has 3 atom stereocenters. The van der Waals surface area contributed by atoms with E-state index in [0.29, 0.717) is 12.6 Å². The number of aliphatic carboxylic acids is 2. The molecule has 1 aromatic carbocycles. The highest BCUT2D eigenvalue weighted by Gasteiger charge is 2.43. The van der Waals surface area contributed by atoms with Crippen molar-refractivity contribution in [2.45, 2.75) is 56.6 Å². The molecule has 1 saturated carbocycles. The van der Waals surface area contributed by atoms with E-state index in [1.807, 2.05) is 36.5 Å². The van der Waals surface area contributed by atoms with E-state index < -0.39 is 24.3 Å². The fourth-order valence-electron chi connectivity index (χ4n) is 4.01. The number of halogens is 6. The number of benzene rings is 1. The van der Waals surface area contributed by atoms with Crippen LogP contribution in [-0.2, 0) is 32.2 Å². The molecule has 0 spiro atoms. The van der Waals surface area contributed by atoms with Gasteiger partial charge in [-0.05, 0) is 42.7 Å². The highest BCUT2D eigenvalue weighted by atomic mass is 19.4. The van der Waals surface area contributed by atoms with E-state index in [4.69, 9.17) is 34.0 Å². The Morgan fingerprint density at radius 1 is 1.00 bits per heavy atom. The molecule has 15 heteroatoms. The molecule has 2 N–H and O–H groups in total. The topological polar surface area (TPSA) is 118 Å². The molecule has 1 aromatic heterocycles. The standard InChI is InChI=1S/C21H26N2O3.2C2HF3O2/c1-24-18-7-5-16(6-8-18)14-23-12-13-25-21-19(23)9-10-20(21)26-15-17-4-2-3-11-22-17;2*3-2(4,5)1(6)7/h2-8,11,19-21H,9-10,12-15H2,1H3;2*(H,6,7)/t19-,20+,21+;;/m0../s1. The molecule has 2 aliphatic rings. The van der Waals surface area contributed by atoms with E-state index >= 15 is 0 Å². The Bertz CT molecular complexity index is 1040. The van der Waals surface area contributed by atoms with E-state index in [1.54, 1.807) is 7.11 Å². The zero-order chi connectivity index (χ0) is 29.9. The Morgan fingerprint density at radius 3 is 2.10 bits per heavy atom. The largest absolute Gasteiger partial charge is 0.497 e. The molecular weight excluding hydrogens is 554 g/mol. The van der Waals surface area contributed by atoms with E-state index in [0.717, 1.165) is 44.0 Å². The number of pyridine rings is 1. The van der Waals surface area contributed by atoms with Crippen molar-refractivity contribution in [2.75, 3.05) is 20.3 Å². The second kappa shape index (κ2) is 14.8. The van der Waals surface area contributed by atoms with Crippen molar-refractivity contribution in [2.24, 2.45) is 0 Å². The maximum atomic E-state index is 10.6. The van der Waals surface area contributed by atoms with Crippen LogP contribution in [0.3, 0.4) is 0 Å². The summed E-state index contributed by atoms with van der Waals surface area (Å²) in [7, 11) is 1.70. The Hall–Kier alpha value is -3.43. The molecule has 9 nitrogen and oxygen atoms in total. The molecule has 0 bridgehead atoms. The van der Waals surface area contributed by atoms with Crippen LogP contribution in [0.2, 0.25) is 0 Å². The number of hydrogen-bond acceptors (Lipinski definition) is 7. The number of hydrogen-bond donors (Lipinski definition) is 2. The van der Waals surface area contributed by atoms with Crippen LogP contribution >= 0.6 is 0 Å². The third kappa shape index (κ3) is 10.6.